The summed E-state index contributed by atoms with van der Waals surface area (Å²) in [4.78, 5) is 40.1. The van der Waals surface area contributed by atoms with Crippen LogP contribution in [0.15, 0.2) is 18.2 Å². The van der Waals surface area contributed by atoms with E-state index in [0.29, 0.717) is 26.1 Å². The van der Waals surface area contributed by atoms with Crippen LogP contribution in [0.4, 0.5) is 10.1 Å². The number of esters is 1. The van der Waals surface area contributed by atoms with Crippen molar-refractivity contribution in [2.45, 2.75) is 32.2 Å². The normalized spacial score (nSPS) is 24.2. The molecule has 0 saturated carbocycles. The van der Waals surface area contributed by atoms with E-state index < -0.39 is 11.9 Å². The van der Waals surface area contributed by atoms with E-state index >= 15 is 0 Å². The molecule has 2 aliphatic heterocycles. The molecular formula is C18H20ClFN2O4. The second-order valence-corrected chi connectivity index (χ2v) is 6.88. The van der Waals surface area contributed by atoms with Crippen molar-refractivity contribution in [3.05, 3.63) is 29.0 Å². The van der Waals surface area contributed by atoms with Crippen LogP contribution in [-0.4, -0.2) is 48.4 Å². The van der Waals surface area contributed by atoms with Crippen molar-refractivity contribution in [3.8, 4) is 0 Å². The molecule has 1 aromatic carbocycles. The number of carbonyl (C=O) groups is 3. The molecule has 0 bridgehead atoms. The van der Waals surface area contributed by atoms with Crippen molar-refractivity contribution in [2.75, 3.05) is 24.6 Å². The number of ether oxygens (including phenoxy) is 1. The molecule has 3 rings (SSSR count). The molecule has 8 heteroatoms. The summed E-state index contributed by atoms with van der Waals surface area (Å²) < 4.78 is 18.4. The fraction of sp³-hybridized carbons (Fsp3) is 0.500. The monoisotopic (exact) mass is 382 g/mol. The Morgan fingerprint density at radius 3 is 2.85 bits per heavy atom. The van der Waals surface area contributed by atoms with Crippen LogP contribution in [0, 0.1) is 11.7 Å². The Morgan fingerprint density at radius 1 is 1.38 bits per heavy atom. The lowest BCUT2D eigenvalue weighted by Gasteiger charge is -2.34. The number of benzene rings is 1. The Morgan fingerprint density at radius 2 is 2.15 bits per heavy atom. The average molecular weight is 383 g/mol. The standard InChI is InChI=1S/C18H20ClFN2O4/c1-2-26-18(25)11-4-3-7-21(10-11)15-9-16(23)22(17(15)24)12-5-6-14(20)13(19)8-12/h5-6,8,11,15H,2-4,7,9-10H2,1H3/t11-,15-/m1/s1. The van der Waals surface area contributed by atoms with Gasteiger partial charge in [-0.05, 0) is 44.5 Å². The first-order valence-corrected chi connectivity index (χ1v) is 9.02. The van der Waals surface area contributed by atoms with Crippen molar-refractivity contribution >= 4 is 35.1 Å². The molecule has 2 atom stereocenters. The Bertz CT molecular complexity index is 742. The number of rotatable bonds is 4. The highest BCUT2D eigenvalue weighted by Crippen LogP contribution is 2.31. The van der Waals surface area contributed by atoms with Crippen molar-refractivity contribution in [1.29, 1.82) is 0 Å². The minimum Gasteiger partial charge on any atom is -0.466 e. The topological polar surface area (TPSA) is 66.9 Å². The van der Waals surface area contributed by atoms with Gasteiger partial charge in [-0.15, -0.1) is 0 Å². The quantitative estimate of drug-likeness (QED) is 0.591. The number of hydrogen-bond donors (Lipinski definition) is 0. The van der Waals surface area contributed by atoms with Gasteiger partial charge in [-0.1, -0.05) is 11.6 Å². The zero-order chi connectivity index (χ0) is 18.8. The second kappa shape index (κ2) is 7.72. The van der Waals surface area contributed by atoms with Crippen LogP contribution in [0.1, 0.15) is 26.2 Å². The Labute approximate surface area is 155 Å². The number of nitrogens with zero attached hydrogens (tertiary/aromatic N) is 2. The van der Waals surface area contributed by atoms with Crippen LogP contribution in [0.25, 0.3) is 0 Å². The van der Waals surface area contributed by atoms with Crippen LogP contribution in [0.3, 0.4) is 0 Å². The van der Waals surface area contributed by atoms with Gasteiger partial charge in [-0.2, -0.15) is 0 Å². The molecule has 26 heavy (non-hydrogen) atoms. The number of carbonyl (C=O) groups excluding carboxylic acids is 3. The molecule has 6 nitrogen and oxygen atoms in total. The molecule has 140 valence electrons. The summed E-state index contributed by atoms with van der Waals surface area (Å²) in [7, 11) is 0. The Kier molecular flexibility index (Phi) is 5.58. The minimum atomic E-state index is -0.622. The number of amides is 2. The summed E-state index contributed by atoms with van der Waals surface area (Å²) in [5.74, 6) is -1.90. The van der Waals surface area contributed by atoms with Crippen LogP contribution in [-0.2, 0) is 19.1 Å². The van der Waals surface area contributed by atoms with Gasteiger partial charge < -0.3 is 4.74 Å². The summed E-state index contributed by atoms with van der Waals surface area (Å²) in [6.07, 6.45) is 1.49. The van der Waals surface area contributed by atoms with Gasteiger partial charge in [-0.3, -0.25) is 19.3 Å². The summed E-state index contributed by atoms with van der Waals surface area (Å²) >= 11 is 5.77. The molecule has 2 aliphatic rings. The molecule has 2 amide bonds. The SMILES string of the molecule is CCOC(=O)[C@@H]1CCCN([C@@H]2CC(=O)N(c3ccc(F)c(Cl)c3)C2=O)C1. The third-order valence-corrected chi connectivity index (χ3v) is 5.09. The zero-order valence-corrected chi connectivity index (χ0v) is 15.2. The molecule has 2 saturated heterocycles. The van der Waals surface area contributed by atoms with E-state index in [1.807, 2.05) is 4.90 Å². The number of halogens is 2. The summed E-state index contributed by atoms with van der Waals surface area (Å²) in [6.45, 7) is 3.09. The van der Waals surface area contributed by atoms with Crippen LogP contribution < -0.4 is 4.90 Å². The molecule has 0 spiro atoms. The molecule has 0 unspecified atom stereocenters. The number of likely N-dealkylation sites (tertiary alicyclic amines) is 1. The third-order valence-electron chi connectivity index (χ3n) is 4.80. The maximum Gasteiger partial charge on any atom is 0.310 e. The molecular weight excluding hydrogens is 363 g/mol. The number of anilines is 1. The van der Waals surface area contributed by atoms with Gasteiger partial charge in [0.1, 0.15) is 5.82 Å². The predicted octanol–water partition coefficient (Wildman–Crippen LogP) is 2.39. The largest absolute Gasteiger partial charge is 0.466 e. The van der Waals surface area contributed by atoms with Gasteiger partial charge in [0.25, 0.3) is 5.91 Å². The summed E-state index contributed by atoms with van der Waals surface area (Å²) in [6, 6.07) is 3.14. The fourth-order valence-electron chi connectivity index (χ4n) is 3.54. The van der Waals surface area contributed by atoms with Crippen molar-refractivity contribution in [1.82, 2.24) is 4.90 Å². The van der Waals surface area contributed by atoms with Gasteiger partial charge in [-0.25, -0.2) is 9.29 Å². The van der Waals surface area contributed by atoms with Crippen LogP contribution >= 0.6 is 11.6 Å². The summed E-state index contributed by atoms with van der Waals surface area (Å²) in [5.41, 5.74) is 0.257. The second-order valence-electron chi connectivity index (χ2n) is 6.47. The van der Waals surface area contributed by atoms with Gasteiger partial charge in [0, 0.05) is 6.54 Å². The van der Waals surface area contributed by atoms with Gasteiger partial charge in [0.2, 0.25) is 5.91 Å². The maximum absolute atomic E-state index is 13.4. The van der Waals surface area contributed by atoms with E-state index in [4.69, 9.17) is 16.3 Å². The Balaban J connectivity index is 1.75. The summed E-state index contributed by atoms with van der Waals surface area (Å²) in [5, 5.41) is -0.146. The lowest BCUT2D eigenvalue weighted by Crippen LogP contribution is -2.48. The fourth-order valence-corrected chi connectivity index (χ4v) is 3.71. The number of hydrogen-bond acceptors (Lipinski definition) is 5. The first kappa shape index (κ1) is 18.8. The lowest BCUT2D eigenvalue weighted by molar-refractivity contribution is -0.150. The third kappa shape index (κ3) is 3.59. The number of imide groups is 1. The molecule has 0 aliphatic carbocycles. The van der Waals surface area contributed by atoms with E-state index in [1.165, 1.54) is 12.1 Å². The zero-order valence-electron chi connectivity index (χ0n) is 14.4. The first-order valence-electron chi connectivity index (χ1n) is 8.65. The Hall–Kier alpha value is -1.99. The molecule has 2 heterocycles. The number of piperidine rings is 1. The van der Waals surface area contributed by atoms with E-state index in [1.54, 1.807) is 6.92 Å². The smallest absolute Gasteiger partial charge is 0.310 e. The van der Waals surface area contributed by atoms with E-state index in [9.17, 15) is 18.8 Å². The lowest BCUT2D eigenvalue weighted by atomic mass is 9.96. The first-order chi connectivity index (χ1) is 12.4. The van der Waals surface area contributed by atoms with Crippen LogP contribution in [0.5, 0.6) is 0 Å². The van der Waals surface area contributed by atoms with Crippen molar-refractivity contribution in [3.63, 3.8) is 0 Å². The van der Waals surface area contributed by atoms with E-state index in [0.717, 1.165) is 17.4 Å². The molecule has 0 radical (unpaired) electrons. The van der Waals surface area contributed by atoms with Crippen molar-refractivity contribution in [2.24, 2.45) is 5.92 Å². The maximum atomic E-state index is 13.4. The molecule has 0 aromatic heterocycles. The van der Waals surface area contributed by atoms with E-state index in [-0.39, 0.29) is 40.8 Å². The highest BCUT2D eigenvalue weighted by Gasteiger charge is 2.44. The average Bonchev–Trinajstić information content (AvgIpc) is 2.92. The van der Waals surface area contributed by atoms with E-state index in [2.05, 4.69) is 0 Å². The predicted molar refractivity (Wildman–Crippen MR) is 93.2 cm³/mol. The van der Waals surface area contributed by atoms with Gasteiger partial charge in [0.05, 0.1) is 35.7 Å². The van der Waals surface area contributed by atoms with Gasteiger partial charge >= 0.3 is 5.97 Å². The molecule has 0 N–H and O–H groups in total. The van der Waals surface area contributed by atoms with Crippen LogP contribution in [0.2, 0.25) is 5.02 Å². The minimum absolute atomic E-state index is 0.0311. The molecule has 2 fully saturated rings. The molecule has 1 aromatic rings. The highest BCUT2D eigenvalue weighted by atomic mass is 35.5. The van der Waals surface area contributed by atoms with Gasteiger partial charge in [0.15, 0.2) is 0 Å². The van der Waals surface area contributed by atoms with Crippen molar-refractivity contribution < 1.29 is 23.5 Å². The highest BCUT2D eigenvalue weighted by molar-refractivity contribution is 6.31.